The maximum absolute atomic E-state index is 12.0. The second-order valence-electron chi connectivity index (χ2n) is 5.33. The van der Waals surface area contributed by atoms with E-state index in [4.69, 9.17) is 4.74 Å². The first-order chi connectivity index (χ1) is 11.5. The number of nitrogens with one attached hydrogen (secondary N) is 2. The summed E-state index contributed by atoms with van der Waals surface area (Å²) < 4.78 is 5.98. The highest BCUT2D eigenvalue weighted by atomic mass is 79.9. The number of carbonyl (C=O) groups is 2. The van der Waals surface area contributed by atoms with E-state index in [2.05, 4.69) is 31.4 Å². The molecule has 1 heterocycles. The molecule has 0 radical (unpaired) electrons. The fourth-order valence-corrected chi connectivity index (χ4v) is 2.43. The van der Waals surface area contributed by atoms with Crippen LogP contribution in [0.4, 0.5) is 0 Å². The summed E-state index contributed by atoms with van der Waals surface area (Å²) in [4.78, 5) is 23.7. The van der Waals surface area contributed by atoms with Gasteiger partial charge in [-0.1, -0.05) is 41.9 Å². The van der Waals surface area contributed by atoms with Crippen LogP contribution in [-0.2, 0) is 9.53 Å². The highest BCUT2D eigenvalue weighted by Crippen LogP contribution is 2.20. The lowest BCUT2D eigenvalue weighted by molar-refractivity contribution is -0.125. The molecule has 1 amide bonds. The first-order valence-electron chi connectivity index (χ1n) is 7.81. The smallest absolute Gasteiger partial charge is 0.356 e. The Kier molecular flexibility index (Phi) is 6.54. The fraction of sp³-hybridized carbons (Fsp3) is 0.353. The molecule has 2 aromatic rings. The Hall–Kier alpha value is -2.15. The fourth-order valence-electron chi connectivity index (χ4n) is 2.17. The van der Waals surface area contributed by atoms with E-state index in [1.807, 2.05) is 38.1 Å². The van der Waals surface area contributed by atoms with Gasteiger partial charge in [0.15, 0.2) is 6.61 Å². The average Bonchev–Trinajstić information content (AvgIpc) is 3.08. The summed E-state index contributed by atoms with van der Waals surface area (Å²) in [5.74, 6) is -0.907. The zero-order valence-corrected chi connectivity index (χ0v) is 15.2. The monoisotopic (exact) mass is 393 g/mol. The van der Waals surface area contributed by atoms with E-state index in [-0.39, 0.29) is 24.2 Å². The molecule has 0 unspecified atom stereocenters. The van der Waals surface area contributed by atoms with E-state index >= 15 is 0 Å². The van der Waals surface area contributed by atoms with E-state index in [1.54, 1.807) is 6.07 Å². The lowest BCUT2D eigenvalue weighted by atomic mass is 10.1. The summed E-state index contributed by atoms with van der Waals surface area (Å²) in [6, 6.07) is 9.27. The van der Waals surface area contributed by atoms with Crippen LogP contribution in [0, 0.1) is 0 Å². The normalized spacial score (nSPS) is 10.7. The summed E-state index contributed by atoms with van der Waals surface area (Å²) in [5.41, 5.74) is 1.72. The molecule has 0 aliphatic carbocycles. The quantitative estimate of drug-likeness (QED) is 0.706. The van der Waals surface area contributed by atoms with Gasteiger partial charge < -0.3 is 10.1 Å². The maximum Gasteiger partial charge on any atom is 0.356 e. The predicted octanol–water partition coefficient (Wildman–Crippen LogP) is 3.30. The van der Waals surface area contributed by atoms with Gasteiger partial charge in [0.25, 0.3) is 5.91 Å². The van der Waals surface area contributed by atoms with Crippen molar-refractivity contribution in [2.75, 3.05) is 6.61 Å². The van der Waals surface area contributed by atoms with Crippen molar-refractivity contribution in [2.24, 2.45) is 0 Å². The van der Waals surface area contributed by atoms with Crippen LogP contribution in [0.2, 0.25) is 0 Å². The van der Waals surface area contributed by atoms with Crippen molar-refractivity contribution in [1.29, 1.82) is 0 Å². The van der Waals surface area contributed by atoms with Crippen LogP contribution in [0.1, 0.15) is 37.2 Å². The average molecular weight is 394 g/mol. The number of aromatic nitrogens is 2. The number of aromatic amines is 1. The van der Waals surface area contributed by atoms with Crippen molar-refractivity contribution in [3.05, 3.63) is 40.5 Å². The standard InChI is InChI=1S/C17H20BrN3O3/c1-3-13(4-2)19-16(22)10-24-17(23)15-9-14(20-21-15)11-5-7-12(18)8-6-11/h5-9,13H,3-4,10H2,1-2H3,(H,19,22)(H,20,21). The molecule has 0 saturated heterocycles. The first kappa shape index (κ1) is 18.2. The largest absolute Gasteiger partial charge is 0.451 e. The molecule has 2 N–H and O–H groups in total. The van der Waals surface area contributed by atoms with Crippen molar-refractivity contribution in [3.63, 3.8) is 0 Å². The molecule has 128 valence electrons. The van der Waals surface area contributed by atoms with Gasteiger partial charge in [0.2, 0.25) is 0 Å². The lowest BCUT2D eigenvalue weighted by Crippen LogP contribution is -2.36. The summed E-state index contributed by atoms with van der Waals surface area (Å²) in [6.45, 7) is 3.69. The van der Waals surface area contributed by atoms with Crippen LogP contribution in [0.5, 0.6) is 0 Å². The Labute approximate surface area is 149 Å². The first-order valence-corrected chi connectivity index (χ1v) is 8.60. The number of amides is 1. The number of halogens is 1. The van der Waals surface area contributed by atoms with Gasteiger partial charge in [-0.15, -0.1) is 0 Å². The summed E-state index contributed by atoms with van der Waals surface area (Å²) in [6.07, 6.45) is 1.68. The zero-order valence-electron chi connectivity index (χ0n) is 13.6. The molecular weight excluding hydrogens is 374 g/mol. The van der Waals surface area contributed by atoms with E-state index in [0.29, 0.717) is 5.69 Å². The topological polar surface area (TPSA) is 84.1 Å². The van der Waals surface area contributed by atoms with Crippen molar-refractivity contribution in [1.82, 2.24) is 15.5 Å². The van der Waals surface area contributed by atoms with Crippen LogP contribution in [0.15, 0.2) is 34.8 Å². The third-order valence-corrected chi connectivity index (χ3v) is 4.15. The molecule has 0 spiro atoms. The number of hydrogen-bond donors (Lipinski definition) is 2. The predicted molar refractivity (Wildman–Crippen MR) is 94.5 cm³/mol. The van der Waals surface area contributed by atoms with Crippen molar-refractivity contribution >= 4 is 27.8 Å². The molecule has 0 aliphatic heterocycles. The van der Waals surface area contributed by atoms with E-state index < -0.39 is 5.97 Å². The number of carbonyl (C=O) groups excluding carboxylic acids is 2. The summed E-state index contributed by atoms with van der Waals surface area (Å²) in [7, 11) is 0. The number of esters is 1. The molecule has 1 aromatic carbocycles. The van der Waals surface area contributed by atoms with Crippen LogP contribution in [0.25, 0.3) is 11.3 Å². The summed E-state index contributed by atoms with van der Waals surface area (Å²) >= 11 is 3.37. The zero-order chi connectivity index (χ0) is 17.5. The minimum Gasteiger partial charge on any atom is -0.451 e. The third-order valence-electron chi connectivity index (χ3n) is 3.62. The second-order valence-corrected chi connectivity index (χ2v) is 6.25. The number of rotatable bonds is 7. The molecule has 2 rings (SSSR count). The molecule has 7 heteroatoms. The Morgan fingerprint density at radius 1 is 1.25 bits per heavy atom. The number of hydrogen-bond acceptors (Lipinski definition) is 4. The van der Waals surface area contributed by atoms with Gasteiger partial charge in [-0.2, -0.15) is 5.10 Å². The van der Waals surface area contributed by atoms with E-state index in [9.17, 15) is 9.59 Å². The lowest BCUT2D eigenvalue weighted by Gasteiger charge is -2.14. The molecule has 0 atom stereocenters. The third kappa shape index (κ3) is 4.92. The van der Waals surface area contributed by atoms with Gasteiger partial charge >= 0.3 is 5.97 Å². The van der Waals surface area contributed by atoms with E-state index in [1.165, 1.54) is 0 Å². The molecular formula is C17H20BrN3O3. The van der Waals surface area contributed by atoms with E-state index in [0.717, 1.165) is 22.9 Å². The van der Waals surface area contributed by atoms with Crippen molar-refractivity contribution in [3.8, 4) is 11.3 Å². The molecule has 24 heavy (non-hydrogen) atoms. The van der Waals surface area contributed by atoms with Gasteiger partial charge in [-0.05, 0) is 31.0 Å². The van der Waals surface area contributed by atoms with Gasteiger partial charge in [0, 0.05) is 16.1 Å². The number of H-pyrrole nitrogens is 1. The van der Waals surface area contributed by atoms with Crippen LogP contribution in [0.3, 0.4) is 0 Å². The second kappa shape index (κ2) is 8.63. The van der Waals surface area contributed by atoms with Gasteiger partial charge in [-0.3, -0.25) is 9.89 Å². The van der Waals surface area contributed by atoms with Gasteiger partial charge in [-0.25, -0.2) is 4.79 Å². The molecule has 0 saturated carbocycles. The van der Waals surface area contributed by atoms with Crippen LogP contribution < -0.4 is 5.32 Å². The van der Waals surface area contributed by atoms with Gasteiger partial charge in [0.05, 0.1) is 5.69 Å². The highest BCUT2D eigenvalue weighted by Gasteiger charge is 2.15. The van der Waals surface area contributed by atoms with Crippen molar-refractivity contribution in [2.45, 2.75) is 32.7 Å². The molecule has 1 aromatic heterocycles. The van der Waals surface area contributed by atoms with Crippen molar-refractivity contribution < 1.29 is 14.3 Å². The minimum atomic E-state index is -0.606. The number of ether oxygens (including phenoxy) is 1. The van der Waals surface area contributed by atoms with Crippen LogP contribution >= 0.6 is 15.9 Å². The molecule has 0 fully saturated rings. The Balaban J connectivity index is 1.91. The van der Waals surface area contributed by atoms with Gasteiger partial charge in [0.1, 0.15) is 5.69 Å². The molecule has 6 nitrogen and oxygen atoms in total. The molecule has 0 bridgehead atoms. The number of benzene rings is 1. The maximum atomic E-state index is 12.0. The molecule has 0 aliphatic rings. The Morgan fingerprint density at radius 2 is 1.92 bits per heavy atom. The Morgan fingerprint density at radius 3 is 2.54 bits per heavy atom. The summed E-state index contributed by atoms with van der Waals surface area (Å²) in [5, 5.41) is 9.55. The highest BCUT2D eigenvalue weighted by molar-refractivity contribution is 9.10. The Bertz CT molecular complexity index is 693. The van der Waals surface area contributed by atoms with Crippen LogP contribution in [-0.4, -0.2) is 34.7 Å². The number of nitrogens with zero attached hydrogens (tertiary/aromatic N) is 1. The minimum absolute atomic E-state index is 0.104. The SMILES string of the molecule is CCC(CC)NC(=O)COC(=O)c1cc(-c2ccc(Br)cc2)n[nH]1.